The second kappa shape index (κ2) is 9.16. The van der Waals surface area contributed by atoms with E-state index in [2.05, 4.69) is 54.2 Å². The molecule has 0 saturated heterocycles. The van der Waals surface area contributed by atoms with Crippen molar-refractivity contribution in [3.05, 3.63) is 53.4 Å². The van der Waals surface area contributed by atoms with Gasteiger partial charge in [0.15, 0.2) is 5.13 Å². The highest BCUT2D eigenvalue weighted by atomic mass is 32.2. The molecule has 3 rings (SSSR count). The van der Waals surface area contributed by atoms with Crippen molar-refractivity contribution in [2.24, 2.45) is 0 Å². The molecule has 160 valence electrons. The van der Waals surface area contributed by atoms with Gasteiger partial charge in [-0.15, -0.1) is 11.3 Å². The number of nitrogens with zero attached hydrogens (tertiary/aromatic N) is 3. The minimum Gasteiger partial charge on any atom is -0.372 e. The number of aryl methyl sites for hydroxylation is 1. The number of sulfonamides is 1. The Hall–Kier alpha value is -2.42. The van der Waals surface area contributed by atoms with E-state index in [9.17, 15) is 8.42 Å². The van der Waals surface area contributed by atoms with E-state index in [0.717, 1.165) is 40.7 Å². The Morgan fingerprint density at radius 3 is 2.27 bits per heavy atom. The zero-order valence-electron chi connectivity index (χ0n) is 18.0. The fourth-order valence-electron chi connectivity index (χ4n) is 3.16. The zero-order valence-corrected chi connectivity index (χ0v) is 19.6. The molecule has 0 aliphatic rings. The van der Waals surface area contributed by atoms with E-state index in [-0.39, 0.29) is 4.90 Å². The van der Waals surface area contributed by atoms with Gasteiger partial charge in [-0.3, -0.25) is 0 Å². The van der Waals surface area contributed by atoms with Crippen LogP contribution in [0.15, 0.2) is 52.7 Å². The first-order chi connectivity index (χ1) is 14.3. The van der Waals surface area contributed by atoms with Crippen LogP contribution in [0.25, 0.3) is 11.3 Å². The van der Waals surface area contributed by atoms with Gasteiger partial charge in [-0.1, -0.05) is 12.1 Å². The number of rotatable bonds is 8. The third-order valence-electron chi connectivity index (χ3n) is 5.01. The summed E-state index contributed by atoms with van der Waals surface area (Å²) in [6.45, 7) is 8.36. The lowest BCUT2D eigenvalue weighted by Crippen LogP contribution is -2.22. The highest BCUT2D eigenvalue weighted by Gasteiger charge is 2.17. The number of thiazole rings is 1. The lowest BCUT2D eigenvalue weighted by molar-refractivity contribution is 0.521. The second-order valence-electron chi connectivity index (χ2n) is 7.15. The summed E-state index contributed by atoms with van der Waals surface area (Å²) in [6.07, 6.45) is 0. The van der Waals surface area contributed by atoms with E-state index in [1.54, 1.807) is 24.3 Å². The van der Waals surface area contributed by atoms with Gasteiger partial charge in [0.1, 0.15) is 0 Å². The van der Waals surface area contributed by atoms with Gasteiger partial charge >= 0.3 is 0 Å². The van der Waals surface area contributed by atoms with Crippen LogP contribution in [0.2, 0.25) is 0 Å². The quantitative estimate of drug-likeness (QED) is 0.532. The van der Waals surface area contributed by atoms with E-state index in [1.807, 2.05) is 5.38 Å². The molecule has 30 heavy (non-hydrogen) atoms. The molecule has 1 N–H and O–H groups in total. The Morgan fingerprint density at radius 1 is 1.03 bits per heavy atom. The fourth-order valence-corrected chi connectivity index (χ4v) is 4.79. The van der Waals surface area contributed by atoms with E-state index >= 15 is 0 Å². The lowest BCUT2D eigenvalue weighted by atomic mass is 10.1. The van der Waals surface area contributed by atoms with Gasteiger partial charge < -0.3 is 10.2 Å². The molecule has 2 aromatic carbocycles. The van der Waals surface area contributed by atoms with Gasteiger partial charge in [-0.2, -0.15) is 0 Å². The molecule has 0 radical (unpaired) electrons. The molecule has 1 aromatic heterocycles. The third-order valence-corrected chi connectivity index (χ3v) is 7.60. The minimum absolute atomic E-state index is 0.272. The van der Waals surface area contributed by atoms with Gasteiger partial charge in [0.25, 0.3) is 0 Å². The molecule has 0 bridgehead atoms. The standard InChI is InChI=1S/C22H28N4O2S2/c1-6-26(7-2)18-10-13-20(16(3)14-18)23-22-24-21(15-29-22)17-8-11-19(12-9-17)30(27,28)25(4)5/h8-15H,6-7H2,1-5H3,(H,23,24). The molecule has 0 saturated carbocycles. The summed E-state index contributed by atoms with van der Waals surface area (Å²) < 4.78 is 25.7. The van der Waals surface area contributed by atoms with Crippen molar-refractivity contribution in [2.45, 2.75) is 25.7 Å². The van der Waals surface area contributed by atoms with Gasteiger partial charge in [-0.25, -0.2) is 17.7 Å². The summed E-state index contributed by atoms with van der Waals surface area (Å²) >= 11 is 1.52. The van der Waals surface area contributed by atoms with Crippen molar-refractivity contribution in [1.29, 1.82) is 0 Å². The van der Waals surface area contributed by atoms with Crippen molar-refractivity contribution in [1.82, 2.24) is 9.29 Å². The number of aromatic nitrogens is 1. The summed E-state index contributed by atoms with van der Waals surface area (Å²) in [4.78, 5) is 7.26. The van der Waals surface area contributed by atoms with Crippen LogP contribution in [-0.4, -0.2) is 44.9 Å². The Balaban J connectivity index is 1.77. The summed E-state index contributed by atoms with van der Waals surface area (Å²) in [5, 5.41) is 6.17. The Morgan fingerprint density at radius 2 is 1.70 bits per heavy atom. The fraction of sp³-hybridized carbons (Fsp3) is 0.318. The van der Waals surface area contributed by atoms with E-state index in [0.29, 0.717) is 0 Å². The highest BCUT2D eigenvalue weighted by molar-refractivity contribution is 7.89. The Labute approximate surface area is 183 Å². The maximum Gasteiger partial charge on any atom is 0.242 e. The van der Waals surface area contributed by atoms with Gasteiger partial charge in [0, 0.05) is 49.5 Å². The van der Waals surface area contributed by atoms with Crippen molar-refractivity contribution in [3.63, 3.8) is 0 Å². The van der Waals surface area contributed by atoms with E-state index < -0.39 is 10.0 Å². The number of hydrogen-bond acceptors (Lipinski definition) is 6. The van der Waals surface area contributed by atoms with Crippen molar-refractivity contribution < 1.29 is 8.42 Å². The van der Waals surface area contributed by atoms with Crippen LogP contribution in [-0.2, 0) is 10.0 Å². The third kappa shape index (κ3) is 4.66. The number of benzene rings is 2. The molecule has 0 fully saturated rings. The molecular formula is C22H28N4O2S2. The Bertz CT molecular complexity index is 1100. The number of anilines is 3. The number of nitrogens with one attached hydrogen (secondary N) is 1. The predicted molar refractivity (Wildman–Crippen MR) is 126 cm³/mol. The first-order valence-corrected chi connectivity index (χ1v) is 12.2. The normalized spacial score (nSPS) is 11.7. The first-order valence-electron chi connectivity index (χ1n) is 9.87. The largest absolute Gasteiger partial charge is 0.372 e. The molecule has 0 unspecified atom stereocenters. The average Bonchev–Trinajstić information content (AvgIpc) is 3.19. The van der Waals surface area contributed by atoms with Crippen molar-refractivity contribution in [3.8, 4) is 11.3 Å². The van der Waals surface area contributed by atoms with Crippen LogP contribution >= 0.6 is 11.3 Å². The van der Waals surface area contributed by atoms with Crippen molar-refractivity contribution in [2.75, 3.05) is 37.4 Å². The molecule has 1 heterocycles. The monoisotopic (exact) mass is 444 g/mol. The van der Waals surface area contributed by atoms with Crippen LogP contribution in [0.1, 0.15) is 19.4 Å². The van der Waals surface area contributed by atoms with Gasteiger partial charge in [-0.05, 0) is 56.7 Å². The molecule has 0 amide bonds. The molecule has 6 nitrogen and oxygen atoms in total. The highest BCUT2D eigenvalue weighted by Crippen LogP contribution is 2.30. The maximum absolute atomic E-state index is 12.2. The molecular weight excluding hydrogens is 416 g/mol. The molecule has 0 atom stereocenters. The van der Waals surface area contributed by atoms with E-state index in [1.165, 1.54) is 35.4 Å². The zero-order chi connectivity index (χ0) is 21.9. The van der Waals surface area contributed by atoms with Gasteiger partial charge in [0.05, 0.1) is 10.6 Å². The molecule has 8 heteroatoms. The predicted octanol–water partition coefficient (Wildman–Crippen LogP) is 4.96. The summed E-state index contributed by atoms with van der Waals surface area (Å²) in [5.41, 5.74) is 5.10. The smallest absolute Gasteiger partial charge is 0.242 e. The topological polar surface area (TPSA) is 65.5 Å². The first kappa shape index (κ1) is 22.3. The van der Waals surface area contributed by atoms with Crippen LogP contribution in [0.4, 0.5) is 16.5 Å². The molecule has 0 spiro atoms. The maximum atomic E-state index is 12.2. The SMILES string of the molecule is CCN(CC)c1ccc(Nc2nc(-c3ccc(S(=O)(=O)N(C)C)cc3)cs2)c(C)c1. The second-order valence-corrected chi connectivity index (χ2v) is 10.2. The molecule has 0 aliphatic carbocycles. The Kier molecular flexibility index (Phi) is 6.80. The lowest BCUT2D eigenvalue weighted by Gasteiger charge is -2.22. The average molecular weight is 445 g/mol. The minimum atomic E-state index is -3.43. The van der Waals surface area contributed by atoms with Crippen LogP contribution < -0.4 is 10.2 Å². The summed E-state index contributed by atoms with van der Waals surface area (Å²) in [5.74, 6) is 0. The summed E-state index contributed by atoms with van der Waals surface area (Å²) in [6, 6.07) is 13.2. The van der Waals surface area contributed by atoms with Crippen LogP contribution in [0.5, 0.6) is 0 Å². The molecule has 0 aliphatic heterocycles. The molecule has 3 aromatic rings. The van der Waals surface area contributed by atoms with Crippen LogP contribution in [0.3, 0.4) is 0 Å². The van der Waals surface area contributed by atoms with Gasteiger partial charge in [0.2, 0.25) is 10.0 Å². The van der Waals surface area contributed by atoms with E-state index in [4.69, 9.17) is 0 Å². The number of hydrogen-bond donors (Lipinski definition) is 1. The van der Waals surface area contributed by atoms with Crippen LogP contribution in [0, 0.1) is 6.92 Å². The van der Waals surface area contributed by atoms with Crippen molar-refractivity contribution >= 4 is 37.9 Å². The summed E-state index contributed by atoms with van der Waals surface area (Å²) in [7, 11) is -0.378.